The third kappa shape index (κ3) is 2.76. The second kappa shape index (κ2) is 5.57. The highest BCUT2D eigenvalue weighted by Gasteiger charge is 2.36. The van der Waals surface area contributed by atoms with E-state index in [1.165, 1.54) is 23.5 Å². The van der Waals surface area contributed by atoms with Gasteiger partial charge in [0.2, 0.25) is 9.84 Å². The van der Waals surface area contributed by atoms with Gasteiger partial charge in [-0.05, 0) is 34.6 Å². The number of sulfone groups is 1. The second-order valence-electron chi connectivity index (χ2n) is 5.78. The summed E-state index contributed by atoms with van der Waals surface area (Å²) in [6.45, 7) is 12.5. The topological polar surface area (TPSA) is 62.3 Å². The minimum absolute atomic E-state index is 0.106. The monoisotopic (exact) mass is 330 g/mol. The Morgan fingerprint density at radius 1 is 1.36 bits per heavy atom. The van der Waals surface area contributed by atoms with E-state index in [0.29, 0.717) is 10.5 Å². The zero-order valence-corrected chi connectivity index (χ0v) is 14.0. The van der Waals surface area contributed by atoms with E-state index in [1.807, 2.05) is 6.07 Å². The second-order valence-corrected chi connectivity index (χ2v) is 8.61. The van der Waals surface area contributed by atoms with E-state index in [-0.39, 0.29) is 15.5 Å². The van der Waals surface area contributed by atoms with E-state index in [2.05, 4.69) is 4.85 Å². The molecule has 1 aromatic heterocycles. The summed E-state index contributed by atoms with van der Waals surface area (Å²) >= 11 is 1.32. The van der Waals surface area contributed by atoms with E-state index < -0.39 is 15.3 Å². The molecule has 112 valence electrons. The van der Waals surface area contributed by atoms with Gasteiger partial charge in [0, 0.05) is 4.88 Å². The highest BCUT2D eigenvalue weighted by molar-refractivity contribution is 8.04. The van der Waals surface area contributed by atoms with Crippen molar-refractivity contribution in [2.75, 3.05) is 0 Å². The predicted molar refractivity (Wildman–Crippen MR) is 88.0 cm³/mol. The molecular weight excluding hydrogens is 316 g/mol. The van der Waals surface area contributed by atoms with Crippen molar-refractivity contribution in [3.8, 4) is 6.07 Å². The first kappa shape index (κ1) is 16.2. The quantitative estimate of drug-likeness (QED) is 0.574. The van der Waals surface area contributed by atoms with Gasteiger partial charge in [-0.15, -0.1) is 11.3 Å². The van der Waals surface area contributed by atoms with Crippen molar-refractivity contribution in [1.29, 1.82) is 5.26 Å². The standard InChI is InChI=1S/C16H14N2O2S2/c1-16(2,3)15-9-11(12(10-17)18-4)8-14(22(15,19)20)13-6-5-7-21-13/h5-9H,1-3H3/b12-11-. The normalized spacial score (nSPS) is 19.5. The molecule has 1 aliphatic heterocycles. The molecule has 0 aromatic carbocycles. The first-order valence-corrected chi connectivity index (χ1v) is 8.83. The molecule has 0 unspecified atom stereocenters. The van der Waals surface area contributed by atoms with Crippen LogP contribution < -0.4 is 0 Å². The number of hydrogen-bond acceptors (Lipinski definition) is 4. The van der Waals surface area contributed by atoms with Gasteiger partial charge in [0.25, 0.3) is 5.70 Å². The first-order chi connectivity index (χ1) is 10.2. The van der Waals surface area contributed by atoms with Crippen molar-refractivity contribution in [3.63, 3.8) is 0 Å². The van der Waals surface area contributed by atoms with Crippen LogP contribution in [0, 0.1) is 23.3 Å². The molecule has 2 heterocycles. The van der Waals surface area contributed by atoms with Crippen molar-refractivity contribution in [3.05, 3.63) is 62.1 Å². The third-order valence-corrected chi connectivity index (χ3v) is 6.40. The molecule has 0 amide bonds. The van der Waals surface area contributed by atoms with Gasteiger partial charge in [0.05, 0.1) is 22.5 Å². The van der Waals surface area contributed by atoms with Crippen LogP contribution in [-0.2, 0) is 9.84 Å². The summed E-state index contributed by atoms with van der Waals surface area (Å²) in [4.78, 5) is 4.18. The van der Waals surface area contributed by atoms with Gasteiger partial charge in [-0.2, -0.15) is 0 Å². The molecule has 2 rings (SSSR count). The van der Waals surface area contributed by atoms with E-state index in [1.54, 1.807) is 38.3 Å². The Morgan fingerprint density at radius 2 is 2.05 bits per heavy atom. The molecule has 0 saturated heterocycles. The summed E-state index contributed by atoms with van der Waals surface area (Å²) in [6.07, 6.45) is 2.87. The fourth-order valence-corrected chi connectivity index (χ4v) is 5.18. The summed E-state index contributed by atoms with van der Waals surface area (Å²) < 4.78 is 25.8. The molecule has 0 atom stereocenters. The maximum atomic E-state index is 12.9. The summed E-state index contributed by atoms with van der Waals surface area (Å²) in [7, 11) is -3.64. The molecule has 4 nitrogen and oxygen atoms in total. The summed E-state index contributed by atoms with van der Waals surface area (Å²) in [6, 6.07) is 5.33. The Balaban J connectivity index is 2.84. The van der Waals surface area contributed by atoms with Crippen LogP contribution in [-0.4, -0.2) is 8.42 Å². The lowest BCUT2D eigenvalue weighted by molar-refractivity contribution is 0.516. The van der Waals surface area contributed by atoms with Gasteiger partial charge in [-0.1, -0.05) is 26.8 Å². The summed E-state index contributed by atoms with van der Waals surface area (Å²) in [5.41, 5.74) is -0.380. The zero-order chi connectivity index (χ0) is 16.5. The molecule has 0 spiro atoms. The molecule has 0 aliphatic carbocycles. The Hall–Kier alpha value is -2.15. The minimum Gasteiger partial charge on any atom is -0.226 e. The molecule has 6 heteroatoms. The van der Waals surface area contributed by atoms with Crippen LogP contribution in [0.1, 0.15) is 25.6 Å². The van der Waals surface area contributed by atoms with E-state index in [0.717, 1.165) is 0 Å². The van der Waals surface area contributed by atoms with Crippen LogP contribution in [0.5, 0.6) is 0 Å². The lowest BCUT2D eigenvalue weighted by Gasteiger charge is -2.27. The highest BCUT2D eigenvalue weighted by Crippen LogP contribution is 2.43. The molecule has 0 saturated carbocycles. The van der Waals surface area contributed by atoms with Crippen LogP contribution in [0.2, 0.25) is 0 Å². The van der Waals surface area contributed by atoms with Gasteiger partial charge in [-0.25, -0.2) is 18.5 Å². The SMILES string of the molecule is [C-]#[N+]/C(C#N)=C1/C=C(c2cccs2)S(=O)(=O)C(C(C)(C)C)=C1. The predicted octanol–water partition coefficient (Wildman–Crippen LogP) is 4.14. The van der Waals surface area contributed by atoms with Gasteiger partial charge in [0.15, 0.2) is 0 Å². The maximum Gasteiger partial charge on any atom is 0.269 e. The number of thiophene rings is 1. The molecule has 0 bridgehead atoms. The van der Waals surface area contributed by atoms with E-state index in [4.69, 9.17) is 11.8 Å². The molecule has 0 radical (unpaired) electrons. The van der Waals surface area contributed by atoms with Gasteiger partial charge >= 0.3 is 0 Å². The Morgan fingerprint density at radius 3 is 2.50 bits per heavy atom. The molecule has 1 aromatic rings. The highest BCUT2D eigenvalue weighted by atomic mass is 32.2. The van der Waals surface area contributed by atoms with Gasteiger partial charge < -0.3 is 0 Å². The van der Waals surface area contributed by atoms with Crippen LogP contribution in [0.4, 0.5) is 0 Å². The zero-order valence-electron chi connectivity index (χ0n) is 12.4. The largest absolute Gasteiger partial charge is 0.269 e. The number of rotatable bonds is 1. The fourth-order valence-electron chi connectivity index (χ4n) is 2.13. The lowest BCUT2D eigenvalue weighted by atomic mass is 9.94. The summed E-state index contributed by atoms with van der Waals surface area (Å²) in [5.74, 6) is 0. The molecule has 1 aliphatic rings. The van der Waals surface area contributed by atoms with Gasteiger partial charge in [0.1, 0.15) is 0 Å². The third-order valence-electron chi connectivity index (χ3n) is 3.15. The van der Waals surface area contributed by atoms with Crippen LogP contribution >= 0.6 is 11.3 Å². The average molecular weight is 330 g/mol. The Bertz CT molecular complexity index is 863. The Kier molecular flexibility index (Phi) is 4.10. The van der Waals surface area contributed by atoms with Crippen LogP contribution in [0.25, 0.3) is 9.75 Å². The lowest BCUT2D eigenvalue weighted by Crippen LogP contribution is -2.21. The molecule has 0 N–H and O–H groups in total. The number of nitrogens with zero attached hydrogens (tertiary/aromatic N) is 2. The number of hydrogen-bond donors (Lipinski definition) is 0. The molecular formula is C16H14N2O2S2. The van der Waals surface area contributed by atoms with Crippen LogP contribution in [0.15, 0.2) is 45.8 Å². The van der Waals surface area contributed by atoms with Crippen molar-refractivity contribution in [2.24, 2.45) is 5.41 Å². The van der Waals surface area contributed by atoms with E-state index >= 15 is 0 Å². The fraction of sp³-hybridized carbons (Fsp3) is 0.250. The number of allylic oxidation sites excluding steroid dienone is 5. The van der Waals surface area contributed by atoms with E-state index in [9.17, 15) is 8.42 Å². The number of nitriles is 1. The Labute approximate surface area is 134 Å². The first-order valence-electron chi connectivity index (χ1n) is 6.46. The van der Waals surface area contributed by atoms with Crippen molar-refractivity contribution in [1.82, 2.24) is 0 Å². The minimum atomic E-state index is -3.64. The maximum absolute atomic E-state index is 12.9. The smallest absolute Gasteiger partial charge is 0.226 e. The molecule has 0 fully saturated rings. The van der Waals surface area contributed by atoms with Crippen molar-refractivity contribution in [2.45, 2.75) is 20.8 Å². The van der Waals surface area contributed by atoms with Crippen molar-refractivity contribution >= 4 is 26.1 Å². The van der Waals surface area contributed by atoms with Crippen LogP contribution in [0.3, 0.4) is 0 Å². The summed E-state index contributed by atoms with van der Waals surface area (Å²) in [5, 5.41) is 10.9. The van der Waals surface area contributed by atoms with Gasteiger partial charge in [-0.3, -0.25) is 0 Å². The van der Waals surface area contributed by atoms with Crippen molar-refractivity contribution < 1.29 is 8.42 Å². The molecule has 22 heavy (non-hydrogen) atoms. The average Bonchev–Trinajstić information content (AvgIpc) is 2.93.